The van der Waals surface area contributed by atoms with Gasteiger partial charge < -0.3 is 0 Å². The maximum atomic E-state index is 9.49. The summed E-state index contributed by atoms with van der Waals surface area (Å²) < 4.78 is 0. The largest absolute Gasteiger partial charge is 0.198 e. The van der Waals surface area contributed by atoms with Crippen LogP contribution in [0, 0.1) is 11.3 Å². The predicted molar refractivity (Wildman–Crippen MR) is 74.3 cm³/mol. The molecule has 0 radical (unpaired) electrons. The van der Waals surface area contributed by atoms with E-state index >= 15 is 0 Å². The van der Waals surface area contributed by atoms with Gasteiger partial charge in [0.15, 0.2) is 0 Å². The summed E-state index contributed by atoms with van der Waals surface area (Å²) in [6.45, 7) is 2.14. The van der Waals surface area contributed by atoms with Crippen LogP contribution in [0.2, 0.25) is 0 Å². The molecule has 0 heterocycles. The topological polar surface area (TPSA) is 23.8 Å². The summed E-state index contributed by atoms with van der Waals surface area (Å²) in [6.07, 6.45) is 0.969. The predicted octanol–water partition coefficient (Wildman–Crippen LogP) is 4.49. The van der Waals surface area contributed by atoms with E-state index in [0.29, 0.717) is 0 Å². The molecule has 2 aromatic carbocycles. The molecule has 18 heavy (non-hydrogen) atoms. The second-order valence-corrected chi connectivity index (χ2v) is 4.44. The Hall–Kier alpha value is -2.07. The van der Waals surface area contributed by atoms with Crippen molar-refractivity contribution in [2.75, 3.05) is 0 Å². The summed E-state index contributed by atoms with van der Waals surface area (Å²) in [4.78, 5) is 0. The van der Waals surface area contributed by atoms with Crippen LogP contribution >= 0.6 is 0 Å². The van der Waals surface area contributed by atoms with Crippen molar-refractivity contribution in [2.45, 2.75) is 25.2 Å². The van der Waals surface area contributed by atoms with E-state index in [9.17, 15) is 5.26 Å². The third kappa shape index (κ3) is 2.60. The number of hydrogen-bond donors (Lipinski definition) is 0. The van der Waals surface area contributed by atoms with Crippen LogP contribution in [0.1, 0.15) is 36.3 Å². The molecule has 2 atom stereocenters. The van der Waals surface area contributed by atoms with E-state index in [1.54, 1.807) is 0 Å². The van der Waals surface area contributed by atoms with Gasteiger partial charge in [-0.25, -0.2) is 0 Å². The minimum atomic E-state index is -0.0707. The third-order valence-corrected chi connectivity index (χ3v) is 3.37. The Morgan fingerprint density at radius 3 is 1.83 bits per heavy atom. The van der Waals surface area contributed by atoms with Crippen molar-refractivity contribution in [3.05, 3.63) is 71.8 Å². The molecule has 0 spiro atoms. The Balaban J connectivity index is 2.35. The van der Waals surface area contributed by atoms with Gasteiger partial charge in [0.05, 0.1) is 12.0 Å². The number of hydrogen-bond acceptors (Lipinski definition) is 1. The smallest absolute Gasteiger partial charge is 0.0781 e. The first-order chi connectivity index (χ1) is 8.86. The molecule has 0 aromatic heterocycles. The molecule has 2 rings (SSSR count). The molecule has 0 aliphatic heterocycles. The van der Waals surface area contributed by atoms with Crippen molar-refractivity contribution in [2.24, 2.45) is 0 Å². The van der Waals surface area contributed by atoms with E-state index < -0.39 is 0 Å². The Labute approximate surface area is 109 Å². The van der Waals surface area contributed by atoms with E-state index in [4.69, 9.17) is 0 Å². The van der Waals surface area contributed by atoms with Gasteiger partial charge >= 0.3 is 0 Å². The molecule has 0 unspecified atom stereocenters. The molecule has 0 fully saturated rings. The molecule has 0 N–H and O–H groups in total. The number of benzene rings is 2. The quantitative estimate of drug-likeness (QED) is 0.766. The molecule has 0 bridgehead atoms. The number of nitriles is 1. The highest BCUT2D eigenvalue weighted by Crippen LogP contribution is 2.34. The Kier molecular flexibility index (Phi) is 4.15. The fraction of sp³-hybridized carbons (Fsp3) is 0.235. The van der Waals surface area contributed by atoms with Crippen molar-refractivity contribution in [1.82, 2.24) is 0 Å². The fourth-order valence-electron chi connectivity index (χ4n) is 2.42. The van der Waals surface area contributed by atoms with Crippen LogP contribution in [-0.2, 0) is 0 Å². The second kappa shape index (κ2) is 6.02. The monoisotopic (exact) mass is 235 g/mol. The van der Waals surface area contributed by atoms with E-state index in [1.165, 1.54) is 5.56 Å². The van der Waals surface area contributed by atoms with Crippen molar-refractivity contribution < 1.29 is 0 Å². The zero-order chi connectivity index (χ0) is 12.8. The first kappa shape index (κ1) is 12.4. The highest BCUT2D eigenvalue weighted by molar-refractivity contribution is 5.32. The van der Waals surface area contributed by atoms with E-state index in [0.717, 1.165) is 12.0 Å². The summed E-state index contributed by atoms with van der Waals surface area (Å²) in [5, 5.41) is 9.49. The summed E-state index contributed by atoms with van der Waals surface area (Å²) >= 11 is 0. The van der Waals surface area contributed by atoms with Crippen LogP contribution < -0.4 is 0 Å². The van der Waals surface area contributed by atoms with Crippen molar-refractivity contribution >= 4 is 0 Å². The maximum Gasteiger partial charge on any atom is 0.0781 e. The van der Waals surface area contributed by atoms with Gasteiger partial charge in [0.25, 0.3) is 0 Å². The zero-order valence-electron chi connectivity index (χ0n) is 10.6. The molecule has 1 nitrogen and oxygen atoms in total. The average Bonchev–Trinajstić information content (AvgIpc) is 2.46. The zero-order valence-corrected chi connectivity index (χ0v) is 10.6. The van der Waals surface area contributed by atoms with Crippen LogP contribution in [0.4, 0.5) is 0 Å². The molecule has 90 valence electrons. The molecule has 0 aliphatic carbocycles. The lowest BCUT2D eigenvalue weighted by atomic mass is 9.81. The summed E-state index contributed by atoms with van der Waals surface area (Å²) in [5.41, 5.74) is 2.35. The third-order valence-electron chi connectivity index (χ3n) is 3.37. The highest BCUT2D eigenvalue weighted by atomic mass is 14.3. The van der Waals surface area contributed by atoms with Gasteiger partial charge in [0.1, 0.15) is 0 Å². The summed E-state index contributed by atoms with van der Waals surface area (Å²) in [7, 11) is 0. The molecular formula is C17H17N. The van der Waals surface area contributed by atoms with Crippen LogP contribution in [0.25, 0.3) is 0 Å². The second-order valence-electron chi connectivity index (χ2n) is 4.44. The van der Waals surface area contributed by atoms with Crippen molar-refractivity contribution in [3.63, 3.8) is 0 Å². The normalized spacial score (nSPS) is 13.6. The molecular weight excluding hydrogens is 218 g/mol. The Morgan fingerprint density at radius 1 is 0.889 bits per heavy atom. The molecule has 0 saturated heterocycles. The molecule has 0 amide bonds. The van der Waals surface area contributed by atoms with Gasteiger partial charge in [-0.3, -0.25) is 0 Å². The Morgan fingerprint density at radius 2 is 1.39 bits per heavy atom. The highest BCUT2D eigenvalue weighted by Gasteiger charge is 2.22. The lowest BCUT2D eigenvalue weighted by Gasteiger charge is -2.21. The Bertz CT molecular complexity index is 510. The number of rotatable bonds is 4. The van der Waals surface area contributed by atoms with Gasteiger partial charge in [-0.05, 0) is 17.5 Å². The van der Waals surface area contributed by atoms with Gasteiger partial charge in [0.2, 0.25) is 0 Å². The van der Waals surface area contributed by atoms with Gasteiger partial charge in [-0.2, -0.15) is 5.26 Å². The first-order valence-electron chi connectivity index (χ1n) is 6.36. The standard InChI is InChI=1S/C17H17N/c1-2-16(14-9-5-3-6-10-14)17(13-18)15-11-7-4-8-12-15/h3-12,16-17H,2H2,1H3/t16-,17+/m1/s1. The SMILES string of the molecule is CC[C@H](c1ccccc1)[C@@H](C#N)c1ccccc1. The lowest BCUT2D eigenvalue weighted by Crippen LogP contribution is -2.09. The van der Waals surface area contributed by atoms with Crippen LogP contribution in [0.3, 0.4) is 0 Å². The van der Waals surface area contributed by atoms with Crippen molar-refractivity contribution in [1.29, 1.82) is 5.26 Å². The lowest BCUT2D eigenvalue weighted by molar-refractivity contribution is 0.607. The molecule has 1 heteroatoms. The molecule has 0 saturated carbocycles. The van der Waals surface area contributed by atoms with E-state index in [1.807, 2.05) is 48.5 Å². The van der Waals surface area contributed by atoms with Crippen molar-refractivity contribution in [3.8, 4) is 6.07 Å². The molecule has 0 aliphatic rings. The first-order valence-corrected chi connectivity index (χ1v) is 6.36. The van der Waals surface area contributed by atoms with Crippen LogP contribution in [0.5, 0.6) is 0 Å². The van der Waals surface area contributed by atoms with Gasteiger partial charge in [0, 0.05) is 5.92 Å². The minimum absolute atomic E-state index is 0.0707. The number of nitrogens with zero attached hydrogens (tertiary/aromatic N) is 1. The minimum Gasteiger partial charge on any atom is -0.198 e. The van der Waals surface area contributed by atoms with E-state index in [-0.39, 0.29) is 11.8 Å². The summed E-state index contributed by atoms with van der Waals surface area (Å²) in [5.74, 6) is 0.192. The summed E-state index contributed by atoms with van der Waals surface area (Å²) in [6, 6.07) is 22.8. The fourth-order valence-corrected chi connectivity index (χ4v) is 2.42. The van der Waals surface area contributed by atoms with E-state index in [2.05, 4.69) is 25.1 Å². The van der Waals surface area contributed by atoms with Crippen LogP contribution in [-0.4, -0.2) is 0 Å². The molecule has 2 aromatic rings. The maximum absolute atomic E-state index is 9.49. The van der Waals surface area contributed by atoms with Gasteiger partial charge in [-0.1, -0.05) is 67.6 Å². The van der Waals surface area contributed by atoms with Gasteiger partial charge in [-0.15, -0.1) is 0 Å². The average molecular weight is 235 g/mol. The van der Waals surface area contributed by atoms with Crippen LogP contribution in [0.15, 0.2) is 60.7 Å².